The lowest BCUT2D eigenvalue weighted by molar-refractivity contribution is 0.425. The predicted octanol–water partition coefficient (Wildman–Crippen LogP) is 1.97. The van der Waals surface area contributed by atoms with Crippen molar-refractivity contribution in [1.82, 2.24) is 15.2 Å². The second kappa shape index (κ2) is 5.01. The molecule has 0 radical (unpaired) electrons. The van der Waals surface area contributed by atoms with Crippen molar-refractivity contribution in [2.45, 2.75) is 19.3 Å². The maximum Gasteiger partial charge on any atom is 0.182 e. The Bertz CT molecular complexity index is 592. The van der Waals surface area contributed by atoms with E-state index >= 15 is 0 Å². The van der Waals surface area contributed by atoms with E-state index in [1.54, 1.807) is 11.3 Å². The van der Waals surface area contributed by atoms with Crippen LogP contribution in [0.1, 0.15) is 17.7 Å². The number of aryl methyl sites for hydroxylation is 2. The van der Waals surface area contributed by atoms with E-state index in [1.165, 1.54) is 24.1 Å². The zero-order valence-corrected chi connectivity index (χ0v) is 12.1. The Morgan fingerprint density at radius 2 is 2.25 bits per heavy atom. The van der Waals surface area contributed by atoms with Gasteiger partial charge in [-0.3, -0.25) is 0 Å². The van der Waals surface area contributed by atoms with Gasteiger partial charge in [-0.2, -0.15) is 5.10 Å². The van der Waals surface area contributed by atoms with E-state index < -0.39 is 0 Å². The highest BCUT2D eigenvalue weighted by molar-refractivity contribution is 7.13. The topological polar surface area (TPSA) is 53.9 Å². The first kappa shape index (κ1) is 12.1. The molecule has 0 unspecified atom stereocenters. The fourth-order valence-electron chi connectivity index (χ4n) is 2.90. The average Bonchev–Trinajstić information content (AvgIpc) is 3.07. The van der Waals surface area contributed by atoms with Crippen LogP contribution in [-0.4, -0.2) is 34.8 Å². The van der Waals surface area contributed by atoms with E-state index in [0.717, 1.165) is 37.0 Å². The van der Waals surface area contributed by atoms with Gasteiger partial charge in [0.05, 0.1) is 5.69 Å². The third kappa shape index (κ3) is 2.24. The van der Waals surface area contributed by atoms with Crippen LogP contribution in [0.25, 0.3) is 0 Å². The Labute approximate surface area is 122 Å². The smallest absolute Gasteiger partial charge is 0.182 e. The van der Waals surface area contributed by atoms with Crippen molar-refractivity contribution >= 4 is 22.3 Å². The van der Waals surface area contributed by atoms with Crippen LogP contribution in [0.5, 0.6) is 0 Å². The Morgan fingerprint density at radius 3 is 3.10 bits per heavy atom. The van der Waals surface area contributed by atoms with Crippen molar-refractivity contribution < 1.29 is 0 Å². The molecule has 2 aromatic rings. The number of anilines is 2. The van der Waals surface area contributed by atoms with E-state index in [1.807, 2.05) is 11.6 Å². The highest BCUT2D eigenvalue weighted by Crippen LogP contribution is 2.27. The number of aromatic nitrogens is 3. The number of nitrogens with one attached hydrogen (secondary N) is 1. The molecule has 5 nitrogen and oxygen atoms in total. The van der Waals surface area contributed by atoms with Crippen LogP contribution in [0.15, 0.2) is 17.6 Å². The summed E-state index contributed by atoms with van der Waals surface area (Å²) in [7, 11) is 0. The summed E-state index contributed by atoms with van der Waals surface area (Å²) in [6, 6.07) is 2.24. The Kier molecular flexibility index (Phi) is 3.03. The fourth-order valence-corrected chi connectivity index (χ4v) is 3.44. The Morgan fingerprint density at radius 1 is 1.30 bits per heavy atom. The lowest BCUT2D eigenvalue weighted by Crippen LogP contribution is -2.50. The molecule has 104 valence electrons. The summed E-state index contributed by atoms with van der Waals surface area (Å²) in [5.74, 6) is 1.73. The van der Waals surface area contributed by atoms with Gasteiger partial charge in [-0.25, -0.2) is 4.98 Å². The van der Waals surface area contributed by atoms with Crippen molar-refractivity contribution in [2.75, 3.05) is 29.9 Å². The quantitative estimate of drug-likeness (QED) is 0.932. The molecule has 1 aliphatic heterocycles. The third-order valence-electron chi connectivity index (χ3n) is 4.06. The maximum atomic E-state index is 4.36. The van der Waals surface area contributed by atoms with Gasteiger partial charge in [-0.1, -0.05) is 0 Å². The number of rotatable bonds is 4. The van der Waals surface area contributed by atoms with Crippen molar-refractivity contribution in [3.05, 3.63) is 28.9 Å². The second-order valence-electron chi connectivity index (χ2n) is 5.52. The lowest BCUT2D eigenvalue weighted by Gasteiger charge is -2.40. The van der Waals surface area contributed by atoms with Gasteiger partial charge >= 0.3 is 0 Å². The van der Waals surface area contributed by atoms with Gasteiger partial charge in [-0.05, 0) is 30.9 Å². The van der Waals surface area contributed by atoms with Gasteiger partial charge in [0, 0.05) is 37.1 Å². The summed E-state index contributed by atoms with van der Waals surface area (Å²) >= 11 is 1.65. The fraction of sp³-hybridized carbons (Fsp3) is 0.500. The van der Waals surface area contributed by atoms with Gasteiger partial charge in [0.2, 0.25) is 0 Å². The van der Waals surface area contributed by atoms with Crippen LogP contribution in [0.4, 0.5) is 10.9 Å². The van der Waals surface area contributed by atoms with Crippen LogP contribution in [0.3, 0.4) is 0 Å². The van der Waals surface area contributed by atoms with Gasteiger partial charge < -0.3 is 10.2 Å². The molecule has 3 heterocycles. The highest BCUT2D eigenvalue weighted by Gasteiger charge is 2.28. The Hall–Kier alpha value is -1.69. The minimum Gasteiger partial charge on any atom is -0.361 e. The molecule has 0 amide bonds. The van der Waals surface area contributed by atoms with Crippen LogP contribution < -0.4 is 10.2 Å². The van der Waals surface area contributed by atoms with Crippen LogP contribution >= 0.6 is 11.3 Å². The highest BCUT2D eigenvalue weighted by atomic mass is 32.1. The molecule has 1 N–H and O–H groups in total. The molecule has 0 bridgehead atoms. The molecule has 6 heteroatoms. The van der Waals surface area contributed by atoms with Crippen LogP contribution in [-0.2, 0) is 12.8 Å². The average molecular weight is 287 g/mol. The molecule has 0 aromatic carbocycles. The lowest BCUT2D eigenvalue weighted by atomic mass is 10.00. The SMILES string of the molecule is c1csc(NCC2CN(c3cc4c(nn3)CCC4)C2)n1. The number of thiazole rings is 1. The van der Waals surface area contributed by atoms with E-state index in [9.17, 15) is 0 Å². The van der Waals surface area contributed by atoms with Crippen molar-refractivity contribution in [1.29, 1.82) is 0 Å². The van der Waals surface area contributed by atoms with E-state index in [4.69, 9.17) is 0 Å². The normalized spacial score (nSPS) is 17.9. The molecule has 0 spiro atoms. The Balaban J connectivity index is 1.32. The summed E-state index contributed by atoms with van der Waals surface area (Å²) < 4.78 is 0. The summed E-state index contributed by atoms with van der Waals surface area (Å²) in [5.41, 5.74) is 2.61. The van der Waals surface area contributed by atoms with Crippen LogP contribution in [0.2, 0.25) is 0 Å². The minimum absolute atomic E-state index is 0.675. The first-order valence-electron chi connectivity index (χ1n) is 7.12. The minimum atomic E-state index is 0.675. The third-order valence-corrected chi connectivity index (χ3v) is 4.79. The molecule has 1 aliphatic carbocycles. The molecule has 2 aromatic heterocycles. The molecular formula is C14H17N5S. The number of nitrogens with zero attached hydrogens (tertiary/aromatic N) is 4. The first-order valence-corrected chi connectivity index (χ1v) is 8.00. The maximum absolute atomic E-state index is 4.36. The predicted molar refractivity (Wildman–Crippen MR) is 80.4 cm³/mol. The van der Waals surface area contributed by atoms with Crippen molar-refractivity contribution in [3.63, 3.8) is 0 Å². The summed E-state index contributed by atoms with van der Waals surface area (Å²) in [4.78, 5) is 6.55. The largest absolute Gasteiger partial charge is 0.361 e. The molecule has 0 saturated carbocycles. The van der Waals surface area contributed by atoms with Crippen molar-refractivity contribution in [3.8, 4) is 0 Å². The first-order chi connectivity index (χ1) is 9.88. The van der Waals surface area contributed by atoms with Gasteiger partial charge in [0.1, 0.15) is 0 Å². The summed E-state index contributed by atoms with van der Waals surface area (Å²) in [6.07, 6.45) is 5.33. The molecule has 2 aliphatic rings. The molecule has 1 fully saturated rings. The molecule has 1 saturated heterocycles. The summed E-state index contributed by atoms with van der Waals surface area (Å²) in [6.45, 7) is 3.11. The zero-order chi connectivity index (χ0) is 13.4. The standard InChI is InChI=1S/C14H17N5S/c1-2-11-6-13(18-17-12(11)3-1)19-8-10(9-19)7-16-14-15-4-5-20-14/h4-6,10H,1-3,7-9H2,(H,15,16). The number of hydrogen-bond donors (Lipinski definition) is 1. The van der Waals surface area contributed by atoms with Gasteiger partial charge in [0.25, 0.3) is 0 Å². The molecule has 20 heavy (non-hydrogen) atoms. The summed E-state index contributed by atoms with van der Waals surface area (Å²) in [5, 5.41) is 15.1. The van der Waals surface area contributed by atoms with E-state index in [-0.39, 0.29) is 0 Å². The van der Waals surface area contributed by atoms with Crippen LogP contribution in [0, 0.1) is 5.92 Å². The van der Waals surface area contributed by atoms with E-state index in [0.29, 0.717) is 5.92 Å². The van der Waals surface area contributed by atoms with E-state index in [2.05, 4.69) is 31.5 Å². The second-order valence-corrected chi connectivity index (χ2v) is 6.41. The molecule has 4 rings (SSSR count). The zero-order valence-electron chi connectivity index (χ0n) is 11.2. The van der Waals surface area contributed by atoms with Gasteiger partial charge in [-0.15, -0.1) is 16.4 Å². The number of fused-ring (bicyclic) bond motifs is 1. The van der Waals surface area contributed by atoms with Gasteiger partial charge in [0.15, 0.2) is 10.9 Å². The number of hydrogen-bond acceptors (Lipinski definition) is 6. The van der Waals surface area contributed by atoms with Crippen molar-refractivity contribution in [2.24, 2.45) is 5.92 Å². The molecular weight excluding hydrogens is 270 g/mol. The molecule has 0 atom stereocenters. The monoisotopic (exact) mass is 287 g/mol.